The number of likely N-dealkylation sites (tertiary alicyclic amines) is 1. The van der Waals surface area contributed by atoms with Crippen LogP contribution in [0.1, 0.15) is 18.4 Å². The summed E-state index contributed by atoms with van der Waals surface area (Å²) >= 11 is 0. The first kappa shape index (κ1) is 9.05. The fourth-order valence-electron chi connectivity index (χ4n) is 1.69. The van der Waals surface area contributed by atoms with E-state index < -0.39 is 0 Å². The number of aryl methyl sites for hydroxylation is 1. The van der Waals surface area contributed by atoms with Gasteiger partial charge in [0.1, 0.15) is 5.82 Å². The smallest absolute Gasteiger partial charge is 0.222 e. The molecule has 5 heteroatoms. The number of amides is 1. The molecule has 2 rings (SSSR count). The maximum atomic E-state index is 11.4. The average Bonchev–Trinajstić information content (AvgIpc) is 2.68. The van der Waals surface area contributed by atoms with E-state index in [0.717, 1.165) is 18.5 Å². The molecule has 1 aliphatic rings. The van der Waals surface area contributed by atoms with Gasteiger partial charge in [0, 0.05) is 25.6 Å². The first-order valence-corrected chi connectivity index (χ1v) is 4.72. The molecule has 1 fully saturated rings. The Hall–Kier alpha value is -1.52. The quantitative estimate of drug-likeness (QED) is 0.727. The summed E-state index contributed by atoms with van der Waals surface area (Å²) in [5.41, 5.74) is 6.72. The van der Waals surface area contributed by atoms with E-state index in [-0.39, 0.29) is 5.91 Å². The highest BCUT2D eigenvalue weighted by Crippen LogP contribution is 2.17. The van der Waals surface area contributed by atoms with E-state index in [2.05, 4.69) is 5.10 Å². The van der Waals surface area contributed by atoms with Crippen LogP contribution in [-0.4, -0.2) is 27.1 Å². The van der Waals surface area contributed by atoms with Gasteiger partial charge < -0.3 is 10.6 Å². The number of nitrogens with two attached hydrogens (primary N) is 1. The van der Waals surface area contributed by atoms with E-state index in [0.29, 0.717) is 18.8 Å². The third-order valence-corrected chi connectivity index (χ3v) is 2.60. The van der Waals surface area contributed by atoms with Crippen molar-refractivity contribution in [3.8, 4) is 0 Å². The minimum Gasteiger partial charge on any atom is -0.384 e. The molecule has 1 saturated heterocycles. The van der Waals surface area contributed by atoms with E-state index in [1.807, 2.05) is 4.90 Å². The molecule has 0 bridgehead atoms. The van der Waals surface area contributed by atoms with E-state index in [1.165, 1.54) is 0 Å². The predicted octanol–water partition coefficient (Wildman–Crippen LogP) is 0.125. The minimum atomic E-state index is 0.216. The predicted molar refractivity (Wildman–Crippen MR) is 52.3 cm³/mol. The second-order valence-corrected chi connectivity index (χ2v) is 3.60. The molecule has 1 aromatic heterocycles. The van der Waals surface area contributed by atoms with Crippen molar-refractivity contribution in [2.75, 3.05) is 12.3 Å². The zero-order valence-corrected chi connectivity index (χ0v) is 8.23. The molecule has 0 saturated carbocycles. The fourth-order valence-corrected chi connectivity index (χ4v) is 1.69. The molecule has 5 nitrogen and oxygen atoms in total. The summed E-state index contributed by atoms with van der Waals surface area (Å²) in [5, 5.41) is 4.04. The Morgan fingerprint density at radius 2 is 2.43 bits per heavy atom. The average molecular weight is 194 g/mol. The highest BCUT2D eigenvalue weighted by atomic mass is 16.2. The number of carbonyl (C=O) groups excluding carboxylic acids is 1. The monoisotopic (exact) mass is 194 g/mol. The highest BCUT2D eigenvalue weighted by Gasteiger charge is 2.21. The van der Waals surface area contributed by atoms with Crippen LogP contribution in [0.15, 0.2) is 6.20 Å². The molecule has 14 heavy (non-hydrogen) atoms. The lowest BCUT2D eigenvalue weighted by Gasteiger charge is -2.14. The maximum absolute atomic E-state index is 11.4. The summed E-state index contributed by atoms with van der Waals surface area (Å²) in [6.45, 7) is 1.44. The number of carbonyl (C=O) groups is 1. The summed E-state index contributed by atoms with van der Waals surface area (Å²) in [6.07, 6.45) is 3.35. The van der Waals surface area contributed by atoms with Crippen LogP contribution in [0.4, 0.5) is 5.82 Å². The summed E-state index contributed by atoms with van der Waals surface area (Å²) in [6, 6.07) is 0. The van der Waals surface area contributed by atoms with E-state index in [1.54, 1.807) is 17.9 Å². The maximum Gasteiger partial charge on any atom is 0.222 e. The van der Waals surface area contributed by atoms with E-state index in [9.17, 15) is 4.79 Å². The van der Waals surface area contributed by atoms with Crippen molar-refractivity contribution >= 4 is 11.7 Å². The van der Waals surface area contributed by atoms with Gasteiger partial charge in [-0.25, -0.2) is 0 Å². The lowest BCUT2D eigenvalue weighted by Crippen LogP contribution is -2.24. The summed E-state index contributed by atoms with van der Waals surface area (Å²) in [5.74, 6) is 0.859. The van der Waals surface area contributed by atoms with E-state index in [4.69, 9.17) is 5.73 Å². The van der Waals surface area contributed by atoms with Gasteiger partial charge in [0.15, 0.2) is 0 Å². The topological polar surface area (TPSA) is 64.2 Å². The minimum absolute atomic E-state index is 0.216. The van der Waals surface area contributed by atoms with Crippen LogP contribution in [0.25, 0.3) is 0 Å². The molecular formula is C9H14N4O. The Morgan fingerprint density at radius 1 is 1.64 bits per heavy atom. The van der Waals surface area contributed by atoms with Gasteiger partial charge in [-0.2, -0.15) is 5.10 Å². The molecule has 0 unspecified atom stereocenters. The number of rotatable bonds is 2. The van der Waals surface area contributed by atoms with Crippen LogP contribution in [-0.2, 0) is 18.4 Å². The van der Waals surface area contributed by atoms with Gasteiger partial charge in [-0.05, 0) is 6.42 Å². The third-order valence-electron chi connectivity index (χ3n) is 2.60. The molecule has 2 heterocycles. The fraction of sp³-hybridized carbons (Fsp3) is 0.556. The number of nitrogens with zero attached hydrogens (tertiary/aromatic N) is 3. The van der Waals surface area contributed by atoms with Crippen molar-refractivity contribution in [1.82, 2.24) is 14.7 Å². The van der Waals surface area contributed by atoms with Gasteiger partial charge in [0.05, 0.1) is 12.7 Å². The van der Waals surface area contributed by atoms with Crippen molar-refractivity contribution in [3.63, 3.8) is 0 Å². The van der Waals surface area contributed by atoms with Gasteiger partial charge in [-0.3, -0.25) is 9.48 Å². The first-order valence-electron chi connectivity index (χ1n) is 4.72. The first-order chi connectivity index (χ1) is 6.68. The van der Waals surface area contributed by atoms with Crippen molar-refractivity contribution in [2.24, 2.45) is 7.05 Å². The van der Waals surface area contributed by atoms with Gasteiger partial charge >= 0.3 is 0 Å². The highest BCUT2D eigenvalue weighted by molar-refractivity contribution is 5.78. The normalized spacial score (nSPS) is 16.6. The Labute approximate surface area is 82.5 Å². The zero-order chi connectivity index (χ0) is 10.1. The molecule has 1 aromatic rings. The van der Waals surface area contributed by atoms with Crippen LogP contribution >= 0.6 is 0 Å². The second kappa shape index (κ2) is 3.32. The molecule has 0 aromatic carbocycles. The van der Waals surface area contributed by atoms with Gasteiger partial charge in [0.2, 0.25) is 5.91 Å². The molecule has 2 N–H and O–H groups in total. The number of anilines is 1. The SMILES string of the molecule is Cn1ncc(CN2CCCC2=O)c1N. The zero-order valence-electron chi connectivity index (χ0n) is 8.23. The Bertz CT molecular complexity index is 358. The van der Waals surface area contributed by atoms with Crippen molar-refractivity contribution < 1.29 is 4.79 Å². The largest absolute Gasteiger partial charge is 0.384 e. The Morgan fingerprint density at radius 3 is 2.93 bits per heavy atom. The Balaban J connectivity index is 2.10. The molecule has 0 aliphatic carbocycles. The van der Waals surface area contributed by atoms with Crippen LogP contribution in [0.5, 0.6) is 0 Å². The van der Waals surface area contributed by atoms with Crippen LogP contribution in [0.2, 0.25) is 0 Å². The van der Waals surface area contributed by atoms with Crippen molar-refractivity contribution in [3.05, 3.63) is 11.8 Å². The van der Waals surface area contributed by atoms with Crippen LogP contribution in [0.3, 0.4) is 0 Å². The molecule has 1 amide bonds. The van der Waals surface area contributed by atoms with E-state index >= 15 is 0 Å². The van der Waals surface area contributed by atoms with Crippen molar-refractivity contribution in [2.45, 2.75) is 19.4 Å². The van der Waals surface area contributed by atoms with Crippen molar-refractivity contribution in [1.29, 1.82) is 0 Å². The summed E-state index contributed by atoms with van der Waals surface area (Å²) in [4.78, 5) is 13.2. The molecule has 76 valence electrons. The van der Waals surface area contributed by atoms with Gasteiger partial charge in [-0.15, -0.1) is 0 Å². The Kier molecular flexibility index (Phi) is 2.15. The standard InChI is InChI=1S/C9H14N4O/c1-12-9(10)7(5-11-12)6-13-4-2-3-8(13)14/h5H,2-4,6,10H2,1H3. The van der Waals surface area contributed by atoms with Crippen LogP contribution in [0, 0.1) is 0 Å². The number of aromatic nitrogens is 2. The summed E-state index contributed by atoms with van der Waals surface area (Å²) in [7, 11) is 1.80. The summed E-state index contributed by atoms with van der Waals surface area (Å²) < 4.78 is 1.62. The number of nitrogen functional groups attached to an aromatic ring is 1. The number of hydrogen-bond donors (Lipinski definition) is 1. The lowest BCUT2D eigenvalue weighted by atomic mass is 10.3. The van der Waals surface area contributed by atoms with Gasteiger partial charge in [-0.1, -0.05) is 0 Å². The molecule has 0 atom stereocenters. The second-order valence-electron chi connectivity index (χ2n) is 3.60. The molecule has 1 aliphatic heterocycles. The molecule has 0 radical (unpaired) electrons. The van der Waals surface area contributed by atoms with Crippen LogP contribution < -0.4 is 5.73 Å². The van der Waals surface area contributed by atoms with Gasteiger partial charge in [0.25, 0.3) is 0 Å². The molecule has 0 spiro atoms. The lowest BCUT2D eigenvalue weighted by molar-refractivity contribution is -0.128. The third kappa shape index (κ3) is 1.45. The number of hydrogen-bond acceptors (Lipinski definition) is 3. The molecular weight excluding hydrogens is 180 g/mol.